The second-order valence-electron chi connectivity index (χ2n) is 7.33. The molecule has 5 rings (SSSR count). The van der Waals surface area contributed by atoms with Crippen LogP contribution in [0.1, 0.15) is 40.7 Å². The Kier molecular flexibility index (Phi) is 3.64. The SMILES string of the molecule is O=C(c1cnc2c(Br)cnn2c1)N1CCC2(CCc3ccccc32)CC1. The summed E-state index contributed by atoms with van der Waals surface area (Å²) < 4.78 is 2.48. The van der Waals surface area contributed by atoms with Crippen molar-refractivity contribution in [3.8, 4) is 0 Å². The van der Waals surface area contributed by atoms with Crippen molar-refractivity contribution in [3.05, 3.63) is 64.0 Å². The minimum absolute atomic E-state index is 0.0483. The van der Waals surface area contributed by atoms with E-state index in [-0.39, 0.29) is 11.3 Å². The molecule has 0 unspecified atom stereocenters. The third kappa shape index (κ3) is 2.39. The van der Waals surface area contributed by atoms with Gasteiger partial charge in [0.25, 0.3) is 5.91 Å². The summed E-state index contributed by atoms with van der Waals surface area (Å²) in [6.45, 7) is 1.60. The van der Waals surface area contributed by atoms with Crippen LogP contribution < -0.4 is 0 Å². The summed E-state index contributed by atoms with van der Waals surface area (Å²) in [5.41, 5.74) is 4.59. The largest absolute Gasteiger partial charge is 0.338 e. The fourth-order valence-electron chi connectivity index (χ4n) is 4.56. The quantitative estimate of drug-likeness (QED) is 0.615. The summed E-state index contributed by atoms with van der Waals surface area (Å²) in [5, 5.41) is 4.23. The van der Waals surface area contributed by atoms with Crippen LogP contribution in [0.25, 0.3) is 5.65 Å². The molecule has 0 bridgehead atoms. The Bertz CT molecular complexity index is 1000. The number of nitrogens with zero attached hydrogens (tertiary/aromatic N) is 4. The molecule has 5 nitrogen and oxygen atoms in total. The Labute approximate surface area is 160 Å². The van der Waals surface area contributed by atoms with Crippen molar-refractivity contribution in [2.45, 2.75) is 31.1 Å². The topological polar surface area (TPSA) is 50.5 Å². The average molecular weight is 411 g/mol. The molecule has 2 aromatic heterocycles. The molecule has 1 amide bonds. The number of aryl methyl sites for hydroxylation is 1. The lowest BCUT2D eigenvalue weighted by atomic mass is 9.74. The van der Waals surface area contributed by atoms with Crippen LogP contribution in [0, 0.1) is 0 Å². The van der Waals surface area contributed by atoms with E-state index in [0.29, 0.717) is 5.56 Å². The van der Waals surface area contributed by atoms with Gasteiger partial charge in [0, 0.05) is 25.5 Å². The van der Waals surface area contributed by atoms with Gasteiger partial charge in [-0.15, -0.1) is 0 Å². The van der Waals surface area contributed by atoms with E-state index in [1.165, 1.54) is 24.0 Å². The number of hydrogen-bond acceptors (Lipinski definition) is 3. The second kappa shape index (κ2) is 5.91. The number of fused-ring (bicyclic) bond motifs is 3. The van der Waals surface area contributed by atoms with Crippen molar-refractivity contribution in [1.29, 1.82) is 0 Å². The highest BCUT2D eigenvalue weighted by Crippen LogP contribution is 2.46. The lowest BCUT2D eigenvalue weighted by molar-refractivity contribution is 0.0665. The highest BCUT2D eigenvalue weighted by atomic mass is 79.9. The van der Waals surface area contributed by atoms with Gasteiger partial charge in [0.2, 0.25) is 0 Å². The van der Waals surface area contributed by atoms with Gasteiger partial charge in [-0.1, -0.05) is 24.3 Å². The molecule has 6 heteroatoms. The molecular formula is C20H19BrN4O. The van der Waals surface area contributed by atoms with Gasteiger partial charge in [0.05, 0.1) is 16.2 Å². The molecule has 3 aromatic rings. The summed E-state index contributed by atoms with van der Waals surface area (Å²) in [4.78, 5) is 19.3. The predicted octanol–water partition coefficient (Wildman–Crippen LogP) is 3.61. The van der Waals surface area contributed by atoms with Gasteiger partial charge < -0.3 is 4.90 Å². The first-order chi connectivity index (χ1) is 12.7. The number of carbonyl (C=O) groups is 1. The Hall–Kier alpha value is -2.21. The van der Waals surface area contributed by atoms with Crippen LogP contribution in [-0.4, -0.2) is 38.5 Å². The zero-order valence-corrected chi connectivity index (χ0v) is 15.9. The molecule has 1 saturated heterocycles. The number of rotatable bonds is 1. The van der Waals surface area contributed by atoms with E-state index >= 15 is 0 Å². The summed E-state index contributed by atoms with van der Waals surface area (Å²) in [6, 6.07) is 8.82. The van der Waals surface area contributed by atoms with E-state index in [1.54, 1.807) is 23.1 Å². The maximum atomic E-state index is 12.9. The monoisotopic (exact) mass is 410 g/mol. The van der Waals surface area contributed by atoms with Crippen molar-refractivity contribution >= 4 is 27.5 Å². The zero-order valence-electron chi connectivity index (χ0n) is 14.4. The number of hydrogen-bond donors (Lipinski definition) is 0. The number of likely N-dealkylation sites (tertiary alicyclic amines) is 1. The van der Waals surface area contributed by atoms with E-state index in [4.69, 9.17) is 0 Å². The number of benzene rings is 1. The number of piperidine rings is 1. The molecule has 1 aromatic carbocycles. The molecule has 0 N–H and O–H groups in total. The van der Waals surface area contributed by atoms with Crippen LogP contribution >= 0.6 is 15.9 Å². The highest BCUT2D eigenvalue weighted by Gasteiger charge is 2.41. The van der Waals surface area contributed by atoms with Gasteiger partial charge in [-0.2, -0.15) is 5.10 Å². The van der Waals surface area contributed by atoms with Gasteiger partial charge in [-0.25, -0.2) is 9.50 Å². The first-order valence-electron chi connectivity index (χ1n) is 9.03. The Balaban J connectivity index is 1.36. The van der Waals surface area contributed by atoms with E-state index in [9.17, 15) is 4.79 Å². The van der Waals surface area contributed by atoms with Crippen LogP contribution in [0.2, 0.25) is 0 Å². The van der Waals surface area contributed by atoms with E-state index in [1.807, 2.05) is 4.90 Å². The molecule has 0 saturated carbocycles. The summed E-state index contributed by atoms with van der Waals surface area (Å²) in [5.74, 6) is 0.0483. The molecule has 26 heavy (non-hydrogen) atoms. The van der Waals surface area contributed by atoms with Gasteiger partial charge in [-0.3, -0.25) is 4.79 Å². The number of amides is 1. The van der Waals surface area contributed by atoms with Crippen LogP contribution in [0.4, 0.5) is 0 Å². The predicted molar refractivity (Wildman–Crippen MR) is 102 cm³/mol. The zero-order chi connectivity index (χ0) is 17.7. The molecule has 1 fully saturated rings. The van der Waals surface area contributed by atoms with Crippen molar-refractivity contribution in [2.75, 3.05) is 13.1 Å². The third-order valence-corrected chi connectivity index (χ3v) is 6.59. The van der Waals surface area contributed by atoms with Crippen LogP contribution in [0.5, 0.6) is 0 Å². The van der Waals surface area contributed by atoms with Crippen molar-refractivity contribution in [3.63, 3.8) is 0 Å². The number of aromatic nitrogens is 3. The summed E-state index contributed by atoms with van der Waals surface area (Å²) >= 11 is 3.41. The molecule has 1 aliphatic heterocycles. The standard InChI is InChI=1S/C20H19BrN4O/c21-17-12-23-25-13-15(11-22-18(17)25)19(26)24-9-7-20(8-10-24)6-5-14-3-1-2-4-16(14)20/h1-4,11-13H,5-10H2. The first-order valence-corrected chi connectivity index (χ1v) is 9.82. The Morgan fingerprint density at radius 2 is 1.92 bits per heavy atom. The lowest BCUT2D eigenvalue weighted by Crippen LogP contribution is -2.44. The fourth-order valence-corrected chi connectivity index (χ4v) is 4.94. The fraction of sp³-hybridized carbons (Fsp3) is 0.350. The summed E-state index contributed by atoms with van der Waals surface area (Å²) in [7, 11) is 0. The molecule has 3 heterocycles. The van der Waals surface area contributed by atoms with E-state index in [0.717, 1.165) is 36.1 Å². The molecule has 132 valence electrons. The molecule has 1 spiro atoms. The Morgan fingerprint density at radius 1 is 1.12 bits per heavy atom. The lowest BCUT2D eigenvalue weighted by Gasteiger charge is -2.40. The smallest absolute Gasteiger partial charge is 0.256 e. The highest BCUT2D eigenvalue weighted by molar-refractivity contribution is 9.10. The minimum Gasteiger partial charge on any atom is -0.338 e. The molecule has 1 aliphatic carbocycles. The van der Waals surface area contributed by atoms with Gasteiger partial charge >= 0.3 is 0 Å². The maximum absolute atomic E-state index is 12.9. The van der Waals surface area contributed by atoms with Crippen LogP contribution in [0.3, 0.4) is 0 Å². The van der Waals surface area contributed by atoms with Gasteiger partial charge in [-0.05, 0) is 58.2 Å². The van der Waals surface area contributed by atoms with Crippen molar-refractivity contribution < 1.29 is 4.79 Å². The summed E-state index contributed by atoms with van der Waals surface area (Å²) in [6.07, 6.45) is 9.57. The van der Waals surface area contributed by atoms with Gasteiger partial charge in [0.1, 0.15) is 0 Å². The van der Waals surface area contributed by atoms with E-state index < -0.39 is 0 Å². The van der Waals surface area contributed by atoms with Crippen molar-refractivity contribution in [1.82, 2.24) is 19.5 Å². The number of halogens is 1. The Morgan fingerprint density at radius 3 is 2.77 bits per heavy atom. The van der Waals surface area contributed by atoms with Crippen LogP contribution in [-0.2, 0) is 11.8 Å². The molecule has 0 atom stereocenters. The van der Waals surface area contributed by atoms with E-state index in [2.05, 4.69) is 50.3 Å². The second-order valence-corrected chi connectivity index (χ2v) is 8.19. The first kappa shape index (κ1) is 16.0. The van der Waals surface area contributed by atoms with Gasteiger partial charge in [0.15, 0.2) is 5.65 Å². The third-order valence-electron chi connectivity index (χ3n) is 6.03. The molecular weight excluding hydrogens is 392 g/mol. The molecule has 2 aliphatic rings. The average Bonchev–Trinajstić information content (AvgIpc) is 3.23. The van der Waals surface area contributed by atoms with Crippen LogP contribution in [0.15, 0.2) is 47.3 Å². The minimum atomic E-state index is 0.0483. The van der Waals surface area contributed by atoms with Crippen molar-refractivity contribution in [2.24, 2.45) is 0 Å². The number of carbonyl (C=O) groups excluding carboxylic acids is 1. The normalized spacial score (nSPS) is 18.4. The molecule has 0 radical (unpaired) electrons. The maximum Gasteiger partial charge on any atom is 0.256 e.